The maximum absolute atomic E-state index is 13.2. The van der Waals surface area contributed by atoms with Crippen molar-refractivity contribution in [1.29, 1.82) is 5.26 Å². The lowest BCUT2D eigenvalue weighted by Gasteiger charge is -2.43. The predicted molar refractivity (Wildman–Crippen MR) is 183 cm³/mol. The van der Waals surface area contributed by atoms with Gasteiger partial charge in [-0.3, -0.25) is 0 Å². The van der Waals surface area contributed by atoms with Gasteiger partial charge in [0.2, 0.25) is 0 Å². The molecule has 3 unspecified atom stereocenters. The first-order chi connectivity index (χ1) is 22.2. The Morgan fingerprint density at radius 3 is 2.43 bits per heavy atom. The van der Waals surface area contributed by atoms with Gasteiger partial charge in [-0.2, -0.15) is 5.26 Å². The van der Waals surface area contributed by atoms with Crippen LogP contribution in [-0.4, -0.2) is 119 Å². The van der Waals surface area contributed by atoms with E-state index >= 15 is 0 Å². The summed E-state index contributed by atoms with van der Waals surface area (Å²) < 4.78 is 7.94. The summed E-state index contributed by atoms with van der Waals surface area (Å²) in [4.78, 5) is 43.0. The van der Waals surface area contributed by atoms with Gasteiger partial charge in [0.05, 0.1) is 28.7 Å². The molecule has 0 radical (unpaired) electrons. The fourth-order valence-corrected chi connectivity index (χ4v) is 7.01. The van der Waals surface area contributed by atoms with Crippen LogP contribution >= 0.6 is 11.6 Å². The van der Waals surface area contributed by atoms with Crippen molar-refractivity contribution >= 4 is 51.7 Å². The number of likely N-dealkylation sites (N-methyl/N-ethyl adjacent to an activating group) is 1. The molecule has 2 bridgehead atoms. The molecule has 1 saturated carbocycles. The number of anilines is 1. The molecule has 3 aromatic rings. The maximum Gasteiger partial charge on any atom is 0.410 e. The van der Waals surface area contributed by atoms with Crippen LogP contribution in [0.5, 0.6) is 5.75 Å². The standard InChI is InChI=1S/C31H38ClN7O4.C3H9N/c1-31(2,3)43-30(42)38-14-18-13-21(38)26(18)39-22(9-7-11-40)34-25-27(39)20-12-17(8-6-10-33)23(32)28(41)24(20)35-29(25)37-15-19(16-37)36(4)5;1-4(2)3/h11-12,18-19,21,26,41H,6-9,13-16H2,1-5H3;1-3H3. The third-order valence-corrected chi connectivity index (χ3v) is 9.44. The Balaban J connectivity index is 0.00000103. The molecule has 4 fully saturated rings. The third kappa shape index (κ3) is 6.71. The largest absolute Gasteiger partial charge is 0.504 e. The Morgan fingerprint density at radius 1 is 1.15 bits per heavy atom. The zero-order valence-corrected chi connectivity index (χ0v) is 29.5. The highest BCUT2D eigenvalue weighted by Crippen LogP contribution is 2.53. The minimum absolute atomic E-state index is 0.0658. The summed E-state index contributed by atoms with van der Waals surface area (Å²) in [6.07, 6.45) is 2.79. The Morgan fingerprint density at radius 2 is 1.83 bits per heavy atom. The van der Waals surface area contributed by atoms with E-state index in [0.717, 1.165) is 37.1 Å². The molecule has 7 rings (SSSR count). The summed E-state index contributed by atoms with van der Waals surface area (Å²) in [7, 11) is 10.1. The first-order valence-electron chi connectivity index (χ1n) is 16.2. The zero-order chi connectivity index (χ0) is 34.4. The van der Waals surface area contributed by atoms with Crippen molar-refractivity contribution in [2.45, 2.75) is 76.6 Å². The van der Waals surface area contributed by atoms with Gasteiger partial charge in [0.25, 0.3) is 0 Å². The molecule has 3 aliphatic heterocycles. The number of phenols is 1. The zero-order valence-electron chi connectivity index (χ0n) is 28.7. The SMILES string of the molecule is CN(C)C.CN(C)C1CN(c2nc3c(O)c(Cl)c(CCC#N)cc3c3c2nc(CCC=O)n3C2C3CC2N(C(=O)OC(C)(C)C)C3)C1. The summed E-state index contributed by atoms with van der Waals surface area (Å²) in [5.41, 5.74) is 1.94. The number of nitriles is 1. The number of amides is 1. The normalized spacial score (nSPS) is 20.7. The first kappa shape index (κ1) is 34.7. The number of imidazole rings is 1. The maximum atomic E-state index is 13.2. The quantitative estimate of drug-likeness (QED) is 0.339. The molecule has 254 valence electrons. The van der Waals surface area contributed by atoms with E-state index in [0.29, 0.717) is 59.7 Å². The number of ether oxygens (including phenoxy) is 1. The van der Waals surface area contributed by atoms with Crippen LogP contribution in [0.1, 0.15) is 57.5 Å². The van der Waals surface area contributed by atoms with E-state index in [2.05, 4.69) is 34.5 Å². The van der Waals surface area contributed by atoms with E-state index in [-0.39, 0.29) is 41.3 Å². The molecule has 13 heteroatoms. The minimum atomic E-state index is -0.606. The highest BCUT2D eigenvalue weighted by molar-refractivity contribution is 6.34. The molecule has 47 heavy (non-hydrogen) atoms. The van der Waals surface area contributed by atoms with Crippen LogP contribution in [0, 0.1) is 17.2 Å². The number of halogens is 1. The Hall–Kier alpha value is -3.66. The Labute approximate surface area is 281 Å². The van der Waals surface area contributed by atoms with E-state index in [1.807, 2.05) is 57.8 Å². The molecule has 2 aromatic heterocycles. The number of hydrogen-bond donors (Lipinski definition) is 1. The van der Waals surface area contributed by atoms with E-state index in [9.17, 15) is 20.0 Å². The van der Waals surface area contributed by atoms with Crippen LogP contribution < -0.4 is 4.90 Å². The monoisotopic (exact) mass is 666 g/mol. The molecule has 1 N–H and O–H groups in total. The number of aromatic nitrogens is 3. The van der Waals surface area contributed by atoms with Crippen LogP contribution in [0.15, 0.2) is 6.07 Å². The van der Waals surface area contributed by atoms with Crippen LogP contribution in [0.25, 0.3) is 21.9 Å². The van der Waals surface area contributed by atoms with E-state index in [1.165, 1.54) is 0 Å². The molecule has 0 spiro atoms. The van der Waals surface area contributed by atoms with Crippen LogP contribution in [0.4, 0.5) is 10.6 Å². The van der Waals surface area contributed by atoms with Gasteiger partial charge in [-0.15, -0.1) is 0 Å². The number of pyridine rings is 1. The van der Waals surface area contributed by atoms with Gasteiger partial charge in [-0.25, -0.2) is 14.8 Å². The lowest BCUT2D eigenvalue weighted by atomic mass is 9.79. The molecule has 1 aromatic carbocycles. The molecule has 1 aliphatic carbocycles. The molecule has 1 amide bonds. The fraction of sp³-hybridized carbons (Fsp3) is 0.618. The van der Waals surface area contributed by atoms with Gasteiger partial charge in [-0.1, -0.05) is 11.6 Å². The van der Waals surface area contributed by atoms with Gasteiger partial charge >= 0.3 is 6.09 Å². The van der Waals surface area contributed by atoms with Gasteiger partial charge in [-0.05, 0) is 80.5 Å². The van der Waals surface area contributed by atoms with E-state index in [4.69, 9.17) is 26.3 Å². The molecule has 4 aliphatic rings. The molecule has 5 heterocycles. The van der Waals surface area contributed by atoms with Crippen LogP contribution in [0.3, 0.4) is 0 Å². The van der Waals surface area contributed by atoms with Gasteiger partial charge in [0.15, 0.2) is 11.6 Å². The van der Waals surface area contributed by atoms with Crippen molar-refractivity contribution in [1.82, 2.24) is 29.2 Å². The predicted octanol–water partition coefficient (Wildman–Crippen LogP) is 4.64. The number of phenolic OH excluding ortho intramolecular Hbond substituents is 1. The minimum Gasteiger partial charge on any atom is -0.504 e. The third-order valence-electron chi connectivity index (χ3n) is 9.02. The lowest BCUT2D eigenvalue weighted by Crippen LogP contribution is -2.57. The second-order valence-corrected chi connectivity index (χ2v) is 14.9. The number of fused-ring (bicyclic) bond motifs is 4. The highest BCUT2D eigenvalue weighted by Gasteiger charge is 2.56. The van der Waals surface area contributed by atoms with Crippen LogP contribution in [-0.2, 0) is 22.4 Å². The van der Waals surface area contributed by atoms with Gasteiger partial charge in [0.1, 0.15) is 28.7 Å². The number of carbonyl (C=O) groups is 2. The summed E-state index contributed by atoms with van der Waals surface area (Å²) in [6, 6.07) is 4.29. The van der Waals surface area contributed by atoms with Crippen molar-refractivity contribution in [3.63, 3.8) is 0 Å². The van der Waals surface area contributed by atoms with Crippen molar-refractivity contribution in [3.05, 3.63) is 22.5 Å². The number of aryl methyl sites for hydroxylation is 2. The number of nitrogens with zero attached hydrogens (tertiary/aromatic N) is 8. The summed E-state index contributed by atoms with van der Waals surface area (Å²) in [5, 5.41) is 21.5. The van der Waals surface area contributed by atoms with Crippen molar-refractivity contribution in [2.75, 3.05) is 59.8 Å². The number of carbonyl (C=O) groups excluding carboxylic acids is 2. The number of aldehydes is 1. The Kier molecular flexibility index (Phi) is 9.92. The average molecular weight is 667 g/mol. The van der Waals surface area contributed by atoms with Gasteiger partial charge < -0.3 is 38.8 Å². The summed E-state index contributed by atoms with van der Waals surface area (Å²) >= 11 is 6.64. The highest BCUT2D eigenvalue weighted by atomic mass is 35.5. The molecule has 12 nitrogen and oxygen atoms in total. The number of aromatic hydroxyl groups is 1. The second-order valence-electron chi connectivity index (χ2n) is 14.5. The molecule has 3 atom stereocenters. The smallest absolute Gasteiger partial charge is 0.410 e. The topological polar surface area (TPSA) is 131 Å². The van der Waals surface area contributed by atoms with Crippen molar-refractivity contribution < 1.29 is 19.4 Å². The summed E-state index contributed by atoms with van der Waals surface area (Å²) in [5.74, 6) is 1.49. The van der Waals surface area contributed by atoms with Gasteiger partial charge in [0, 0.05) is 56.2 Å². The molecular weight excluding hydrogens is 620 g/mol. The molecular formula is C34H47ClN8O4. The fourth-order valence-electron chi connectivity index (χ4n) is 6.77. The van der Waals surface area contributed by atoms with Crippen molar-refractivity contribution in [2.24, 2.45) is 5.92 Å². The number of rotatable bonds is 8. The number of hydrogen-bond acceptors (Lipinski definition) is 10. The Bertz CT molecular complexity index is 1700. The number of benzene rings is 1. The molecule has 3 saturated heterocycles. The van der Waals surface area contributed by atoms with E-state index in [1.54, 1.807) is 0 Å². The van der Waals surface area contributed by atoms with E-state index < -0.39 is 5.60 Å². The lowest BCUT2D eigenvalue weighted by molar-refractivity contribution is -0.107. The second kappa shape index (κ2) is 13.5. The average Bonchev–Trinajstić information content (AvgIpc) is 3.64. The summed E-state index contributed by atoms with van der Waals surface area (Å²) in [6.45, 7) is 7.68. The van der Waals surface area contributed by atoms with Crippen molar-refractivity contribution in [3.8, 4) is 11.8 Å². The van der Waals surface area contributed by atoms with Crippen LogP contribution in [0.2, 0.25) is 5.02 Å². The first-order valence-corrected chi connectivity index (χ1v) is 16.6.